The fourth-order valence-electron chi connectivity index (χ4n) is 5.03. The molecule has 0 radical (unpaired) electrons. The average Bonchev–Trinajstić information content (AvgIpc) is 3.46. The van der Waals surface area contributed by atoms with Crippen molar-refractivity contribution in [2.24, 2.45) is 5.92 Å². The van der Waals surface area contributed by atoms with Gasteiger partial charge in [0, 0.05) is 54.4 Å². The second-order valence-electron chi connectivity index (χ2n) is 9.63. The largest absolute Gasteiger partial charge is 0.397 e. The molecule has 2 aliphatic rings. The van der Waals surface area contributed by atoms with Gasteiger partial charge in [-0.25, -0.2) is 0 Å². The van der Waals surface area contributed by atoms with Gasteiger partial charge in [0.2, 0.25) is 0 Å². The molecule has 0 spiro atoms. The molecule has 7 nitrogen and oxygen atoms in total. The molecule has 5 N–H and O–H groups in total. The Hall–Kier alpha value is -2.91. The molecule has 1 atom stereocenters. The number of nitrogens with two attached hydrogens (primary N) is 1. The number of nitrogen functional groups attached to an aromatic ring is 1. The molecule has 2 aliphatic heterocycles. The van der Waals surface area contributed by atoms with Crippen molar-refractivity contribution in [2.75, 3.05) is 42.7 Å². The minimum Gasteiger partial charge on any atom is -0.397 e. The van der Waals surface area contributed by atoms with Crippen molar-refractivity contribution in [3.8, 4) is 10.4 Å². The van der Waals surface area contributed by atoms with Gasteiger partial charge in [0.05, 0.1) is 11.4 Å². The van der Waals surface area contributed by atoms with Crippen molar-refractivity contribution < 1.29 is 14.6 Å². The fourth-order valence-corrected chi connectivity index (χ4v) is 5.75. The number of anilines is 3. The molecule has 1 aromatic heterocycles. The van der Waals surface area contributed by atoms with E-state index in [4.69, 9.17) is 10.5 Å². The molecule has 5 rings (SSSR count). The zero-order valence-corrected chi connectivity index (χ0v) is 21.2. The van der Waals surface area contributed by atoms with E-state index in [2.05, 4.69) is 15.5 Å². The van der Waals surface area contributed by atoms with E-state index in [0.717, 1.165) is 68.1 Å². The van der Waals surface area contributed by atoms with Gasteiger partial charge in [-0.1, -0.05) is 12.1 Å². The minimum absolute atomic E-state index is 0.188. The molecule has 2 saturated heterocycles. The Morgan fingerprint density at radius 3 is 2.50 bits per heavy atom. The van der Waals surface area contributed by atoms with Gasteiger partial charge in [0.25, 0.3) is 5.91 Å². The van der Waals surface area contributed by atoms with Crippen molar-refractivity contribution >= 4 is 34.3 Å². The number of aliphatic hydroxyl groups is 1. The maximum Gasteiger partial charge on any atom is 0.255 e. The maximum absolute atomic E-state index is 12.9. The summed E-state index contributed by atoms with van der Waals surface area (Å²) in [6.07, 6.45) is 3.45. The minimum atomic E-state index is -0.368. The first-order valence-electron chi connectivity index (χ1n) is 12.7. The van der Waals surface area contributed by atoms with E-state index < -0.39 is 0 Å². The summed E-state index contributed by atoms with van der Waals surface area (Å²) in [5.41, 5.74) is 9.88. The quantitative estimate of drug-likeness (QED) is 0.341. The van der Waals surface area contributed by atoms with Gasteiger partial charge in [0.15, 0.2) is 0 Å². The zero-order valence-electron chi connectivity index (χ0n) is 20.4. The highest BCUT2D eigenvalue weighted by molar-refractivity contribution is 7.13. The molecule has 1 unspecified atom stereocenters. The summed E-state index contributed by atoms with van der Waals surface area (Å²) >= 11 is 1.65. The van der Waals surface area contributed by atoms with E-state index >= 15 is 0 Å². The van der Waals surface area contributed by atoms with E-state index in [0.29, 0.717) is 28.9 Å². The summed E-state index contributed by atoms with van der Waals surface area (Å²) in [7, 11) is 0. The highest BCUT2D eigenvalue weighted by atomic mass is 32.1. The lowest BCUT2D eigenvalue weighted by Gasteiger charge is -2.39. The molecule has 2 aromatic carbocycles. The van der Waals surface area contributed by atoms with Crippen LogP contribution in [-0.2, 0) is 4.74 Å². The first-order chi connectivity index (χ1) is 17.6. The van der Waals surface area contributed by atoms with Crippen LogP contribution in [0.15, 0.2) is 60.0 Å². The van der Waals surface area contributed by atoms with Gasteiger partial charge in [0.1, 0.15) is 6.23 Å². The summed E-state index contributed by atoms with van der Waals surface area (Å²) in [6.45, 7) is 3.26. The number of hydrogen-bond donors (Lipinski definition) is 4. The number of benzene rings is 2. The Bertz CT molecular complexity index is 1140. The van der Waals surface area contributed by atoms with E-state index in [-0.39, 0.29) is 12.1 Å². The predicted octanol–water partition coefficient (Wildman–Crippen LogP) is 4.87. The third-order valence-corrected chi connectivity index (χ3v) is 8.14. The zero-order chi connectivity index (χ0) is 24.9. The maximum atomic E-state index is 12.9. The second kappa shape index (κ2) is 11.4. The number of aliphatic hydroxyl groups excluding tert-OH is 1. The Kier molecular flexibility index (Phi) is 7.87. The SMILES string of the molecule is Nc1ccc(-c2cccs2)cc1NC(=O)c1ccc(NC2CCN(C(O)C3CCOCC3)CC2)cc1. The Morgan fingerprint density at radius 1 is 1.06 bits per heavy atom. The van der Waals surface area contributed by atoms with Crippen LogP contribution in [0.25, 0.3) is 10.4 Å². The number of carbonyl (C=O) groups is 1. The van der Waals surface area contributed by atoms with Gasteiger partial charge in [-0.05, 0) is 79.1 Å². The highest BCUT2D eigenvalue weighted by Crippen LogP contribution is 2.30. The molecule has 0 bridgehead atoms. The Labute approximate surface area is 216 Å². The number of hydrogen-bond acceptors (Lipinski definition) is 7. The molecule has 190 valence electrons. The van der Waals surface area contributed by atoms with Crippen LogP contribution in [0.3, 0.4) is 0 Å². The van der Waals surface area contributed by atoms with Gasteiger partial charge < -0.3 is 26.2 Å². The molecular formula is C28H34N4O3S. The number of rotatable bonds is 7. The van der Waals surface area contributed by atoms with Crippen LogP contribution < -0.4 is 16.4 Å². The van der Waals surface area contributed by atoms with Crippen molar-refractivity contribution in [1.82, 2.24) is 4.90 Å². The van der Waals surface area contributed by atoms with Crippen LogP contribution >= 0.6 is 11.3 Å². The molecule has 0 saturated carbocycles. The third kappa shape index (κ3) is 5.90. The number of ether oxygens (including phenoxy) is 1. The summed E-state index contributed by atoms with van der Waals surface area (Å²) in [6, 6.07) is 17.7. The van der Waals surface area contributed by atoms with Crippen molar-refractivity contribution in [3.63, 3.8) is 0 Å². The molecule has 1 amide bonds. The van der Waals surface area contributed by atoms with Gasteiger partial charge in [-0.3, -0.25) is 9.69 Å². The normalized spacial score (nSPS) is 18.6. The molecule has 3 aromatic rings. The Morgan fingerprint density at radius 2 is 1.81 bits per heavy atom. The number of piperidine rings is 1. The van der Waals surface area contributed by atoms with Gasteiger partial charge >= 0.3 is 0 Å². The average molecular weight is 507 g/mol. The fraction of sp³-hybridized carbons (Fsp3) is 0.393. The van der Waals surface area contributed by atoms with Crippen molar-refractivity contribution in [3.05, 3.63) is 65.5 Å². The lowest BCUT2D eigenvalue weighted by Crippen LogP contribution is -2.48. The highest BCUT2D eigenvalue weighted by Gasteiger charge is 2.30. The molecule has 8 heteroatoms. The second-order valence-corrected chi connectivity index (χ2v) is 10.6. The molecular weight excluding hydrogens is 472 g/mol. The van der Waals surface area contributed by atoms with Crippen LogP contribution in [0.2, 0.25) is 0 Å². The summed E-state index contributed by atoms with van der Waals surface area (Å²) in [5, 5.41) is 19.3. The summed E-state index contributed by atoms with van der Waals surface area (Å²) in [4.78, 5) is 16.2. The number of amides is 1. The van der Waals surface area contributed by atoms with Crippen LogP contribution in [0.1, 0.15) is 36.0 Å². The van der Waals surface area contributed by atoms with E-state index in [9.17, 15) is 9.90 Å². The van der Waals surface area contributed by atoms with Crippen LogP contribution in [0, 0.1) is 5.92 Å². The number of carbonyl (C=O) groups excluding carboxylic acids is 1. The molecule has 0 aliphatic carbocycles. The predicted molar refractivity (Wildman–Crippen MR) is 146 cm³/mol. The van der Waals surface area contributed by atoms with Crippen LogP contribution in [0.5, 0.6) is 0 Å². The van der Waals surface area contributed by atoms with Gasteiger partial charge in [-0.2, -0.15) is 0 Å². The number of nitrogens with zero attached hydrogens (tertiary/aromatic N) is 1. The third-order valence-electron chi connectivity index (χ3n) is 7.22. The number of nitrogens with one attached hydrogen (secondary N) is 2. The standard InChI is InChI=1S/C28H34N4O3S/c29-24-8-5-21(26-2-1-17-36-26)18-25(24)31-27(33)19-3-6-22(7-4-19)30-23-9-13-32(14-10-23)28(34)20-11-15-35-16-12-20/h1-8,17-18,20,23,28,30,34H,9-16,29H2,(H,31,33). The lowest BCUT2D eigenvalue weighted by molar-refractivity contribution is -0.0813. The number of thiophene rings is 1. The topological polar surface area (TPSA) is 99.8 Å². The monoisotopic (exact) mass is 506 g/mol. The summed E-state index contributed by atoms with van der Waals surface area (Å²) in [5.74, 6) is 0.127. The van der Waals surface area contributed by atoms with Crippen molar-refractivity contribution in [2.45, 2.75) is 38.0 Å². The first kappa shape index (κ1) is 24.8. The van der Waals surface area contributed by atoms with E-state index in [1.54, 1.807) is 11.3 Å². The van der Waals surface area contributed by atoms with E-state index in [1.807, 2.05) is 60.0 Å². The Balaban J connectivity index is 1.13. The van der Waals surface area contributed by atoms with Gasteiger partial charge in [-0.15, -0.1) is 11.3 Å². The summed E-state index contributed by atoms with van der Waals surface area (Å²) < 4.78 is 5.43. The lowest BCUT2D eigenvalue weighted by atomic mass is 9.95. The van der Waals surface area contributed by atoms with Crippen LogP contribution in [0.4, 0.5) is 17.1 Å². The number of likely N-dealkylation sites (tertiary alicyclic amines) is 1. The van der Waals surface area contributed by atoms with E-state index in [1.165, 1.54) is 0 Å². The smallest absolute Gasteiger partial charge is 0.255 e. The first-order valence-corrected chi connectivity index (χ1v) is 13.6. The molecule has 2 fully saturated rings. The molecule has 36 heavy (non-hydrogen) atoms. The van der Waals surface area contributed by atoms with Crippen LogP contribution in [-0.4, -0.2) is 54.5 Å². The van der Waals surface area contributed by atoms with Crippen molar-refractivity contribution in [1.29, 1.82) is 0 Å². The molecule has 3 heterocycles.